The molecule has 0 unspecified atom stereocenters. The highest BCUT2D eigenvalue weighted by atomic mass is 35.5. The second kappa shape index (κ2) is 8.35. The molecule has 0 bridgehead atoms. The topological polar surface area (TPSA) is 38.3 Å². The number of hydrogen-bond acceptors (Lipinski definition) is 2. The first kappa shape index (κ1) is 21.3. The SMILES string of the molecule is Cc1cc(O[C@@H](C)C(=O)N[C@@H](C)c2ccc(C(C)(C)C)cc2)cc(C)c1Cl. The van der Waals surface area contributed by atoms with E-state index in [1.54, 1.807) is 6.92 Å². The van der Waals surface area contributed by atoms with Crippen molar-refractivity contribution >= 4 is 17.5 Å². The van der Waals surface area contributed by atoms with Crippen LogP contribution in [0, 0.1) is 13.8 Å². The molecule has 0 spiro atoms. The summed E-state index contributed by atoms with van der Waals surface area (Å²) in [5.41, 5.74) is 4.33. The maximum atomic E-state index is 12.5. The van der Waals surface area contributed by atoms with E-state index >= 15 is 0 Å². The number of carbonyl (C=O) groups is 1. The van der Waals surface area contributed by atoms with Crippen molar-refractivity contribution in [3.05, 3.63) is 63.7 Å². The molecule has 2 rings (SSSR count). The van der Waals surface area contributed by atoms with E-state index in [0.717, 1.165) is 21.7 Å². The van der Waals surface area contributed by atoms with E-state index < -0.39 is 6.10 Å². The minimum atomic E-state index is -0.596. The number of halogens is 1. The van der Waals surface area contributed by atoms with Gasteiger partial charge in [0.25, 0.3) is 5.91 Å². The molecule has 4 heteroatoms. The molecule has 0 aromatic heterocycles. The highest BCUT2D eigenvalue weighted by Gasteiger charge is 2.19. The van der Waals surface area contributed by atoms with Gasteiger partial charge in [0.1, 0.15) is 5.75 Å². The van der Waals surface area contributed by atoms with E-state index in [9.17, 15) is 4.79 Å². The molecule has 2 atom stereocenters. The van der Waals surface area contributed by atoms with Crippen molar-refractivity contribution in [2.75, 3.05) is 0 Å². The smallest absolute Gasteiger partial charge is 0.261 e. The van der Waals surface area contributed by atoms with Crippen molar-refractivity contribution in [3.8, 4) is 5.75 Å². The third-order valence-electron chi connectivity index (χ3n) is 4.73. The summed E-state index contributed by atoms with van der Waals surface area (Å²) < 4.78 is 5.82. The number of aryl methyl sites for hydroxylation is 2. The molecule has 0 saturated heterocycles. The van der Waals surface area contributed by atoms with Gasteiger partial charge in [-0.15, -0.1) is 0 Å². The van der Waals surface area contributed by atoms with Crippen LogP contribution in [0.2, 0.25) is 5.02 Å². The molecule has 0 aliphatic carbocycles. The van der Waals surface area contributed by atoms with Gasteiger partial charge in [0.15, 0.2) is 6.10 Å². The fraction of sp³-hybridized carbons (Fsp3) is 0.435. The van der Waals surface area contributed by atoms with Crippen LogP contribution >= 0.6 is 11.6 Å². The largest absolute Gasteiger partial charge is 0.481 e. The maximum Gasteiger partial charge on any atom is 0.261 e. The number of nitrogens with one attached hydrogen (secondary N) is 1. The average molecular weight is 388 g/mol. The lowest BCUT2D eigenvalue weighted by molar-refractivity contribution is -0.127. The number of amides is 1. The van der Waals surface area contributed by atoms with E-state index in [-0.39, 0.29) is 17.4 Å². The molecule has 0 saturated carbocycles. The maximum absolute atomic E-state index is 12.5. The minimum absolute atomic E-state index is 0.0914. The van der Waals surface area contributed by atoms with Crippen LogP contribution in [0.4, 0.5) is 0 Å². The highest BCUT2D eigenvalue weighted by Crippen LogP contribution is 2.27. The molecule has 1 N–H and O–H groups in total. The quantitative estimate of drug-likeness (QED) is 0.693. The minimum Gasteiger partial charge on any atom is -0.481 e. The van der Waals surface area contributed by atoms with Crippen molar-refractivity contribution < 1.29 is 9.53 Å². The van der Waals surface area contributed by atoms with Crippen molar-refractivity contribution in [1.29, 1.82) is 0 Å². The Labute approximate surface area is 168 Å². The number of hydrogen-bond donors (Lipinski definition) is 1. The molecule has 1 amide bonds. The molecule has 27 heavy (non-hydrogen) atoms. The highest BCUT2D eigenvalue weighted by molar-refractivity contribution is 6.32. The van der Waals surface area contributed by atoms with Crippen LogP contribution in [0.3, 0.4) is 0 Å². The molecule has 2 aromatic carbocycles. The van der Waals surface area contributed by atoms with Gasteiger partial charge in [-0.1, -0.05) is 56.6 Å². The summed E-state index contributed by atoms with van der Waals surface area (Å²) in [7, 11) is 0. The van der Waals surface area contributed by atoms with Crippen molar-refractivity contribution in [1.82, 2.24) is 5.32 Å². The van der Waals surface area contributed by atoms with Crippen LogP contribution in [0.5, 0.6) is 5.75 Å². The van der Waals surface area contributed by atoms with Crippen LogP contribution in [-0.4, -0.2) is 12.0 Å². The first-order valence-electron chi connectivity index (χ1n) is 9.33. The molecular weight excluding hydrogens is 358 g/mol. The monoisotopic (exact) mass is 387 g/mol. The van der Waals surface area contributed by atoms with E-state index in [2.05, 4.69) is 50.4 Å². The molecule has 146 valence electrons. The molecule has 2 aromatic rings. The standard InChI is InChI=1S/C23H30ClNO2/c1-14-12-20(13-15(2)21(14)24)27-17(4)22(26)25-16(3)18-8-10-19(11-9-18)23(5,6)7/h8-13,16-17H,1-7H3,(H,25,26)/t16-,17-/m0/s1. The second-order valence-corrected chi connectivity index (χ2v) is 8.61. The Balaban J connectivity index is 2.01. The van der Waals surface area contributed by atoms with Gasteiger partial charge < -0.3 is 10.1 Å². The van der Waals surface area contributed by atoms with Gasteiger partial charge >= 0.3 is 0 Å². The summed E-state index contributed by atoms with van der Waals surface area (Å²) >= 11 is 6.19. The zero-order valence-electron chi connectivity index (χ0n) is 17.3. The third kappa shape index (κ3) is 5.49. The molecule has 0 fully saturated rings. The molecule has 0 aliphatic heterocycles. The zero-order chi connectivity index (χ0) is 20.4. The predicted molar refractivity (Wildman–Crippen MR) is 113 cm³/mol. The molecular formula is C23H30ClNO2. The van der Waals surface area contributed by atoms with Crippen molar-refractivity contribution in [2.45, 2.75) is 66.0 Å². The van der Waals surface area contributed by atoms with Gasteiger partial charge in [-0.2, -0.15) is 0 Å². The number of carbonyl (C=O) groups excluding carboxylic acids is 1. The van der Waals surface area contributed by atoms with Gasteiger partial charge in [-0.3, -0.25) is 4.79 Å². The van der Waals surface area contributed by atoms with Crippen LogP contribution in [0.25, 0.3) is 0 Å². The van der Waals surface area contributed by atoms with Gasteiger partial charge in [0, 0.05) is 5.02 Å². The Bertz CT molecular complexity index is 783. The van der Waals surface area contributed by atoms with Gasteiger partial charge in [-0.25, -0.2) is 0 Å². The zero-order valence-corrected chi connectivity index (χ0v) is 18.1. The summed E-state index contributed by atoms with van der Waals surface area (Å²) in [5.74, 6) is 0.506. The summed E-state index contributed by atoms with van der Waals surface area (Å²) in [4.78, 5) is 12.5. The fourth-order valence-electron chi connectivity index (χ4n) is 2.92. The molecule has 3 nitrogen and oxygen atoms in total. The van der Waals surface area contributed by atoms with E-state index in [4.69, 9.17) is 16.3 Å². The number of ether oxygens (including phenoxy) is 1. The van der Waals surface area contributed by atoms with Crippen molar-refractivity contribution in [2.24, 2.45) is 0 Å². The van der Waals surface area contributed by atoms with E-state index in [1.165, 1.54) is 5.56 Å². The van der Waals surface area contributed by atoms with Crippen LogP contribution < -0.4 is 10.1 Å². The van der Waals surface area contributed by atoms with Crippen LogP contribution in [-0.2, 0) is 10.2 Å². The van der Waals surface area contributed by atoms with E-state index in [1.807, 2.05) is 32.9 Å². The number of rotatable bonds is 5. The Morgan fingerprint density at radius 3 is 2.04 bits per heavy atom. The number of benzene rings is 2. The van der Waals surface area contributed by atoms with Gasteiger partial charge in [-0.05, 0) is 67.5 Å². The lowest BCUT2D eigenvalue weighted by atomic mass is 9.86. The Morgan fingerprint density at radius 1 is 1.04 bits per heavy atom. The normalized spacial score (nSPS) is 13.8. The first-order chi connectivity index (χ1) is 12.5. The third-order valence-corrected chi connectivity index (χ3v) is 5.32. The summed E-state index contributed by atoms with van der Waals surface area (Å²) in [5, 5.41) is 3.75. The predicted octanol–water partition coefficient (Wildman–Crippen LogP) is 5.90. The molecule has 0 radical (unpaired) electrons. The summed E-state index contributed by atoms with van der Waals surface area (Å²) in [6.45, 7) is 14.1. The van der Waals surface area contributed by atoms with E-state index in [0.29, 0.717) is 5.75 Å². The summed E-state index contributed by atoms with van der Waals surface area (Å²) in [6.07, 6.45) is -0.596. The first-order valence-corrected chi connectivity index (χ1v) is 9.71. The Morgan fingerprint density at radius 2 is 1.56 bits per heavy atom. The lowest BCUT2D eigenvalue weighted by Crippen LogP contribution is -2.37. The van der Waals surface area contributed by atoms with Crippen LogP contribution in [0.1, 0.15) is 62.9 Å². The molecule has 0 aliphatic rings. The van der Waals surface area contributed by atoms with Crippen molar-refractivity contribution in [3.63, 3.8) is 0 Å². The lowest BCUT2D eigenvalue weighted by Gasteiger charge is -2.22. The second-order valence-electron chi connectivity index (χ2n) is 8.23. The average Bonchev–Trinajstić information content (AvgIpc) is 2.58. The Kier molecular flexibility index (Phi) is 6.59. The molecule has 0 heterocycles. The van der Waals surface area contributed by atoms with Gasteiger partial charge in [0.05, 0.1) is 6.04 Å². The van der Waals surface area contributed by atoms with Gasteiger partial charge in [0.2, 0.25) is 0 Å². The summed E-state index contributed by atoms with van der Waals surface area (Å²) in [6, 6.07) is 12.0. The fourth-order valence-corrected chi connectivity index (χ4v) is 3.03. The Hall–Kier alpha value is -2.00. The van der Waals surface area contributed by atoms with Crippen LogP contribution in [0.15, 0.2) is 36.4 Å².